The third-order valence-electron chi connectivity index (χ3n) is 4.49. The summed E-state index contributed by atoms with van der Waals surface area (Å²) >= 11 is 0. The highest BCUT2D eigenvalue weighted by molar-refractivity contribution is 6.23. The summed E-state index contributed by atoms with van der Waals surface area (Å²) in [5, 5.41) is 0. The number of rotatable bonds is 7. The lowest BCUT2D eigenvalue weighted by Gasteiger charge is -2.33. The van der Waals surface area contributed by atoms with Crippen LogP contribution >= 0.6 is 0 Å². The molecular formula is C21H28O3. The van der Waals surface area contributed by atoms with Crippen molar-refractivity contribution in [2.75, 3.05) is 0 Å². The first-order valence-electron chi connectivity index (χ1n) is 8.92. The number of hydrogen-bond acceptors (Lipinski definition) is 3. The van der Waals surface area contributed by atoms with Gasteiger partial charge in [-0.25, -0.2) is 0 Å². The van der Waals surface area contributed by atoms with Gasteiger partial charge >= 0.3 is 0 Å². The second kappa shape index (κ2) is 7.78. The van der Waals surface area contributed by atoms with Crippen LogP contribution in [-0.4, -0.2) is 17.2 Å². The predicted octanol–water partition coefficient (Wildman–Crippen LogP) is 4.99. The third kappa shape index (κ3) is 4.34. The molecule has 0 spiro atoms. The summed E-state index contributed by atoms with van der Waals surface area (Å²) < 4.78 is 6.03. The Balaban J connectivity index is 2.12. The molecule has 1 aliphatic carbocycles. The summed E-state index contributed by atoms with van der Waals surface area (Å²) in [5.74, 6) is 0.0217. The van der Waals surface area contributed by atoms with Crippen molar-refractivity contribution in [1.82, 2.24) is 0 Å². The molecule has 0 N–H and O–H groups in total. The Morgan fingerprint density at radius 3 is 2.67 bits per heavy atom. The minimum absolute atomic E-state index is 0.112. The highest BCUT2D eigenvalue weighted by Gasteiger charge is 2.36. The van der Waals surface area contributed by atoms with E-state index < -0.39 is 5.60 Å². The van der Waals surface area contributed by atoms with Crippen molar-refractivity contribution >= 4 is 11.6 Å². The Morgan fingerprint density at radius 2 is 2.00 bits per heavy atom. The number of unbranched alkanes of at least 4 members (excludes halogenated alkanes) is 2. The van der Waals surface area contributed by atoms with Crippen molar-refractivity contribution in [2.45, 2.75) is 71.8 Å². The minimum atomic E-state index is -0.535. The maximum atomic E-state index is 12.7. The van der Waals surface area contributed by atoms with Gasteiger partial charge in [0.05, 0.1) is 5.57 Å². The third-order valence-corrected chi connectivity index (χ3v) is 4.49. The Morgan fingerprint density at radius 1 is 1.25 bits per heavy atom. The fraction of sp³-hybridized carbons (Fsp3) is 0.524. The molecule has 2 rings (SSSR count). The second-order valence-corrected chi connectivity index (χ2v) is 7.13. The van der Waals surface area contributed by atoms with Crippen LogP contribution in [-0.2, 0) is 14.3 Å². The maximum absolute atomic E-state index is 12.7. The van der Waals surface area contributed by atoms with Crippen LogP contribution in [0, 0.1) is 0 Å². The molecule has 0 aromatic heterocycles. The molecule has 0 aromatic carbocycles. The lowest BCUT2D eigenvalue weighted by atomic mass is 9.87. The number of allylic oxidation sites excluding steroid dienone is 6. The molecule has 2 aliphatic rings. The van der Waals surface area contributed by atoms with Gasteiger partial charge in [-0.05, 0) is 64.7 Å². The zero-order valence-corrected chi connectivity index (χ0v) is 15.3. The van der Waals surface area contributed by atoms with Gasteiger partial charge in [-0.2, -0.15) is 0 Å². The Labute approximate surface area is 145 Å². The van der Waals surface area contributed by atoms with Crippen LogP contribution in [0.25, 0.3) is 0 Å². The quantitative estimate of drug-likeness (QED) is 0.375. The summed E-state index contributed by atoms with van der Waals surface area (Å²) in [5.41, 5.74) is 1.73. The SMILES string of the molecule is CCCCCC1=CC(=O)C2=C(O[C@](C)(CCC=C(C)C)C=C2)C1=O. The van der Waals surface area contributed by atoms with E-state index in [1.165, 1.54) is 11.6 Å². The van der Waals surface area contributed by atoms with E-state index in [1.807, 2.05) is 13.0 Å². The van der Waals surface area contributed by atoms with Crippen LogP contribution in [0.1, 0.15) is 66.2 Å². The lowest BCUT2D eigenvalue weighted by molar-refractivity contribution is -0.121. The molecule has 0 fully saturated rings. The minimum Gasteiger partial charge on any atom is -0.479 e. The van der Waals surface area contributed by atoms with Crippen molar-refractivity contribution in [2.24, 2.45) is 0 Å². The van der Waals surface area contributed by atoms with Crippen LogP contribution in [0.5, 0.6) is 0 Å². The van der Waals surface area contributed by atoms with E-state index in [1.54, 1.807) is 6.08 Å². The predicted molar refractivity (Wildman–Crippen MR) is 96.6 cm³/mol. The van der Waals surface area contributed by atoms with Gasteiger partial charge in [-0.3, -0.25) is 9.59 Å². The molecule has 1 heterocycles. The van der Waals surface area contributed by atoms with Crippen molar-refractivity contribution in [3.05, 3.63) is 46.8 Å². The first kappa shape index (κ1) is 18.4. The van der Waals surface area contributed by atoms with E-state index in [-0.39, 0.29) is 17.3 Å². The van der Waals surface area contributed by atoms with Gasteiger partial charge < -0.3 is 4.74 Å². The van der Waals surface area contributed by atoms with Crippen molar-refractivity contribution in [3.63, 3.8) is 0 Å². The normalized spacial score (nSPS) is 22.9. The van der Waals surface area contributed by atoms with Gasteiger partial charge in [0.1, 0.15) is 5.60 Å². The number of Topliss-reactive ketones (excluding diaryl/α,β-unsaturated/α-hetero) is 1. The molecule has 24 heavy (non-hydrogen) atoms. The molecule has 0 saturated carbocycles. The summed E-state index contributed by atoms with van der Waals surface area (Å²) in [6.45, 7) is 8.23. The highest BCUT2D eigenvalue weighted by atomic mass is 16.5. The number of ketones is 2. The van der Waals surface area contributed by atoms with Crippen LogP contribution in [0.15, 0.2) is 46.8 Å². The summed E-state index contributed by atoms with van der Waals surface area (Å²) in [6.07, 6.45) is 12.7. The van der Waals surface area contributed by atoms with Gasteiger partial charge in [0.15, 0.2) is 11.5 Å². The van der Waals surface area contributed by atoms with Crippen LogP contribution in [0.2, 0.25) is 0 Å². The van der Waals surface area contributed by atoms with Gasteiger partial charge in [0, 0.05) is 5.57 Å². The molecule has 1 aliphatic heterocycles. The Hall–Kier alpha value is -1.90. The zero-order chi connectivity index (χ0) is 17.7. The summed E-state index contributed by atoms with van der Waals surface area (Å²) in [7, 11) is 0. The van der Waals surface area contributed by atoms with Crippen molar-refractivity contribution in [1.29, 1.82) is 0 Å². The monoisotopic (exact) mass is 328 g/mol. The van der Waals surface area contributed by atoms with E-state index in [4.69, 9.17) is 4.74 Å². The average Bonchev–Trinajstić information content (AvgIpc) is 2.51. The van der Waals surface area contributed by atoms with Gasteiger partial charge in [0.2, 0.25) is 5.78 Å². The molecule has 0 amide bonds. The van der Waals surface area contributed by atoms with Crippen molar-refractivity contribution < 1.29 is 14.3 Å². The lowest BCUT2D eigenvalue weighted by Crippen LogP contribution is -2.34. The molecule has 0 aromatic rings. The number of carbonyl (C=O) groups excluding carboxylic acids is 2. The average molecular weight is 328 g/mol. The van der Waals surface area contributed by atoms with E-state index in [2.05, 4.69) is 26.8 Å². The number of ether oxygens (including phenoxy) is 1. The highest BCUT2D eigenvalue weighted by Crippen LogP contribution is 2.35. The molecule has 0 saturated heterocycles. The smallest absolute Gasteiger partial charge is 0.224 e. The molecule has 3 heteroatoms. The number of carbonyl (C=O) groups is 2. The first-order chi connectivity index (χ1) is 11.4. The molecule has 0 unspecified atom stereocenters. The Bertz CT molecular complexity index is 642. The Kier molecular flexibility index (Phi) is 5.98. The number of hydrogen-bond donors (Lipinski definition) is 0. The maximum Gasteiger partial charge on any atom is 0.224 e. The molecule has 130 valence electrons. The molecule has 0 radical (unpaired) electrons. The standard InChI is InChI=1S/C21H28O3/c1-5-6-7-10-16-14-18(22)17-11-13-21(4,12-8-9-15(2)3)24-20(17)19(16)23/h9,11,13-14H,5-8,10,12H2,1-4H3/t21-/m1/s1. The van der Waals surface area contributed by atoms with E-state index in [9.17, 15) is 9.59 Å². The van der Waals surface area contributed by atoms with E-state index in [0.717, 1.165) is 32.1 Å². The van der Waals surface area contributed by atoms with Crippen LogP contribution in [0.3, 0.4) is 0 Å². The van der Waals surface area contributed by atoms with Gasteiger partial charge in [0.25, 0.3) is 0 Å². The van der Waals surface area contributed by atoms with Gasteiger partial charge in [-0.15, -0.1) is 0 Å². The van der Waals surface area contributed by atoms with Gasteiger partial charge in [-0.1, -0.05) is 31.4 Å². The van der Waals surface area contributed by atoms with Crippen LogP contribution in [0.4, 0.5) is 0 Å². The molecular weight excluding hydrogens is 300 g/mol. The molecule has 3 nitrogen and oxygen atoms in total. The fourth-order valence-electron chi connectivity index (χ4n) is 3.00. The molecule has 0 bridgehead atoms. The van der Waals surface area contributed by atoms with Crippen molar-refractivity contribution in [3.8, 4) is 0 Å². The topological polar surface area (TPSA) is 43.4 Å². The zero-order valence-electron chi connectivity index (χ0n) is 15.3. The van der Waals surface area contributed by atoms with Crippen LogP contribution < -0.4 is 0 Å². The summed E-state index contributed by atoms with van der Waals surface area (Å²) in [6, 6.07) is 0. The molecule has 1 atom stereocenters. The van der Waals surface area contributed by atoms with E-state index in [0.29, 0.717) is 17.6 Å². The summed E-state index contributed by atoms with van der Waals surface area (Å²) in [4.78, 5) is 25.0. The fourth-order valence-corrected chi connectivity index (χ4v) is 3.00. The first-order valence-corrected chi connectivity index (χ1v) is 8.92. The largest absolute Gasteiger partial charge is 0.479 e. The van der Waals surface area contributed by atoms with E-state index >= 15 is 0 Å². The second-order valence-electron chi connectivity index (χ2n) is 7.13.